The van der Waals surface area contributed by atoms with Crippen LogP contribution < -0.4 is 10.4 Å². The molecule has 0 amide bonds. The Morgan fingerprint density at radius 3 is 1.97 bits per heavy atom. The van der Waals surface area contributed by atoms with Crippen molar-refractivity contribution in [3.05, 3.63) is 76.8 Å². The fourth-order valence-corrected chi connectivity index (χ4v) is 10.1. The largest absolute Gasteiger partial charge is 0.400 e. The summed E-state index contributed by atoms with van der Waals surface area (Å²) in [4.78, 5) is 16.5. The Morgan fingerprint density at radius 1 is 0.971 bits per heavy atom. The molecule has 3 aromatic rings. The Labute approximate surface area is 220 Å². The van der Waals surface area contributed by atoms with Crippen molar-refractivity contribution in [3.63, 3.8) is 0 Å². The van der Waals surface area contributed by atoms with Crippen molar-refractivity contribution in [2.75, 3.05) is 6.61 Å². The zero-order valence-corrected chi connectivity index (χ0v) is 25.3. The molecule has 2 aromatic carbocycles. The molecular weight excluding hydrogens is 536 g/mol. The Hall–Kier alpha value is -1.85. The van der Waals surface area contributed by atoms with Crippen molar-refractivity contribution >= 4 is 49.0 Å². The van der Waals surface area contributed by atoms with Crippen LogP contribution in [-0.4, -0.2) is 38.8 Å². The molecule has 5 nitrogen and oxygen atoms in total. The van der Waals surface area contributed by atoms with Crippen molar-refractivity contribution in [3.8, 4) is 0 Å². The molecule has 3 rings (SSSR count). The van der Waals surface area contributed by atoms with Gasteiger partial charge in [-0.1, -0.05) is 101 Å². The van der Waals surface area contributed by atoms with E-state index in [-0.39, 0.29) is 18.4 Å². The fourth-order valence-electron chi connectivity index (χ4n) is 4.32. The van der Waals surface area contributed by atoms with Crippen molar-refractivity contribution in [1.82, 2.24) is 9.55 Å². The first-order valence-corrected chi connectivity index (χ1v) is 18.4. The van der Waals surface area contributed by atoms with Crippen molar-refractivity contribution in [2.45, 2.75) is 64.8 Å². The monoisotopic (exact) mass is 572 g/mol. The number of carbonyl (C=O) groups excluding carboxylic acids is 1. The van der Waals surface area contributed by atoms with Crippen LogP contribution in [0.2, 0.25) is 30.7 Å². The molecule has 0 bridgehead atoms. The zero-order chi connectivity index (χ0) is 25.7. The number of benzene rings is 2. The fraction of sp³-hybridized carbons (Fsp3) is 0.407. The molecule has 0 fully saturated rings. The van der Waals surface area contributed by atoms with Gasteiger partial charge in [0.25, 0.3) is 8.32 Å². The van der Waals surface area contributed by atoms with E-state index < -0.39 is 16.4 Å². The van der Waals surface area contributed by atoms with Gasteiger partial charge in [0.05, 0.1) is 6.61 Å². The van der Waals surface area contributed by atoms with Crippen LogP contribution in [0.25, 0.3) is 0 Å². The third-order valence-corrected chi connectivity index (χ3v) is 13.5. The summed E-state index contributed by atoms with van der Waals surface area (Å²) in [6.45, 7) is 14.9. The van der Waals surface area contributed by atoms with Gasteiger partial charge >= 0.3 is 0 Å². The van der Waals surface area contributed by atoms with Crippen molar-refractivity contribution < 1.29 is 14.0 Å². The summed E-state index contributed by atoms with van der Waals surface area (Å²) in [6, 6.07) is 22.1. The molecule has 0 aliphatic heterocycles. The van der Waals surface area contributed by atoms with Crippen LogP contribution in [0.5, 0.6) is 0 Å². The van der Waals surface area contributed by atoms with Crippen molar-refractivity contribution in [1.29, 1.82) is 0 Å². The molecular formula is C27H37BrN2O3Si2. The van der Waals surface area contributed by atoms with E-state index in [0.29, 0.717) is 22.7 Å². The number of halogens is 1. The van der Waals surface area contributed by atoms with Crippen molar-refractivity contribution in [2.24, 2.45) is 0 Å². The maximum atomic E-state index is 11.9. The Kier molecular flexibility index (Phi) is 9.09. The summed E-state index contributed by atoms with van der Waals surface area (Å²) < 4.78 is 15.4. The maximum Gasteiger partial charge on any atom is 0.261 e. The molecule has 0 spiro atoms. The number of aldehydes is 1. The zero-order valence-electron chi connectivity index (χ0n) is 21.7. The third kappa shape index (κ3) is 6.48. The van der Waals surface area contributed by atoms with Gasteiger partial charge in [-0.3, -0.25) is 9.36 Å². The number of imidazole rings is 1. The predicted octanol–water partition coefficient (Wildman–Crippen LogP) is 5.85. The Morgan fingerprint density at radius 2 is 1.51 bits per heavy atom. The summed E-state index contributed by atoms with van der Waals surface area (Å²) in [5.74, 6) is 0.681. The van der Waals surface area contributed by atoms with Crippen LogP contribution >= 0.6 is 15.9 Å². The SMILES string of the molecule is CC(C)(C)[Si](OCc1nc(Br)c(C=O)n1COCC[Si](C)(C)C)(c1ccccc1)c1ccccc1. The minimum Gasteiger partial charge on any atom is -0.400 e. The average molecular weight is 574 g/mol. The number of rotatable bonds is 11. The highest BCUT2D eigenvalue weighted by atomic mass is 79.9. The third-order valence-electron chi connectivity index (χ3n) is 6.20. The first kappa shape index (κ1) is 27.7. The number of aromatic nitrogens is 2. The van der Waals surface area contributed by atoms with E-state index in [0.717, 1.165) is 12.3 Å². The normalized spacial score (nSPS) is 12.7. The van der Waals surface area contributed by atoms with Gasteiger partial charge in [-0.15, -0.1) is 0 Å². The second kappa shape index (κ2) is 11.5. The number of nitrogens with zero attached hydrogens (tertiary/aromatic N) is 2. The molecule has 0 radical (unpaired) electrons. The van der Waals surface area contributed by atoms with Gasteiger partial charge in [0.1, 0.15) is 22.9 Å². The van der Waals surface area contributed by atoms with E-state index in [4.69, 9.17) is 9.16 Å². The molecule has 1 heterocycles. The average Bonchev–Trinajstić information content (AvgIpc) is 3.11. The van der Waals surface area contributed by atoms with E-state index in [1.54, 1.807) is 0 Å². The first-order valence-electron chi connectivity index (χ1n) is 12.0. The predicted molar refractivity (Wildman–Crippen MR) is 152 cm³/mol. The van der Waals surface area contributed by atoms with Crippen LogP contribution in [0.15, 0.2) is 65.3 Å². The molecule has 188 valence electrons. The lowest BCUT2D eigenvalue weighted by atomic mass is 10.2. The smallest absolute Gasteiger partial charge is 0.261 e. The highest BCUT2D eigenvalue weighted by Gasteiger charge is 2.50. The van der Waals surface area contributed by atoms with E-state index in [1.807, 2.05) is 16.7 Å². The molecule has 35 heavy (non-hydrogen) atoms. The van der Waals surface area contributed by atoms with Gasteiger partial charge in [-0.2, -0.15) is 0 Å². The first-order chi connectivity index (χ1) is 16.5. The summed E-state index contributed by atoms with van der Waals surface area (Å²) in [7, 11) is -3.94. The summed E-state index contributed by atoms with van der Waals surface area (Å²) >= 11 is 3.46. The second-order valence-electron chi connectivity index (χ2n) is 11.0. The molecule has 0 aliphatic carbocycles. The number of carbonyl (C=O) groups is 1. The van der Waals surface area contributed by atoms with E-state index in [9.17, 15) is 4.79 Å². The molecule has 8 heteroatoms. The quantitative estimate of drug-likeness (QED) is 0.164. The topological polar surface area (TPSA) is 53.3 Å². The Balaban J connectivity index is 1.98. The van der Waals surface area contributed by atoms with Gasteiger partial charge in [-0.05, 0) is 37.4 Å². The maximum absolute atomic E-state index is 11.9. The summed E-state index contributed by atoms with van der Waals surface area (Å²) in [5, 5.41) is 2.27. The minimum absolute atomic E-state index is 0.147. The van der Waals surface area contributed by atoms with Crippen LogP contribution in [0.1, 0.15) is 37.1 Å². The second-order valence-corrected chi connectivity index (χ2v) is 21.7. The van der Waals surface area contributed by atoms with Gasteiger partial charge in [0, 0.05) is 14.7 Å². The molecule has 0 saturated carbocycles. The minimum atomic E-state index is -2.73. The van der Waals surface area contributed by atoms with Gasteiger partial charge in [0.2, 0.25) is 0 Å². The summed E-state index contributed by atoms with van der Waals surface area (Å²) in [6.07, 6.45) is 0.825. The van der Waals surface area contributed by atoms with E-state index in [2.05, 4.69) is 110 Å². The summed E-state index contributed by atoms with van der Waals surface area (Å²) in [5.41, 5.74) is 0.471. The highest BCUT2D eigenvalue weighted by Crippen LogP contribution is 2.37. The Bertz CT molecular complexity index is 1070. The molecule has 0 atom stereocenters. The van der Waals surface area contributed by atoms with Crippen LogP contribution in [0, 0.1) is 0 Å². The molecule has 0 aliphatic rings. The van der Waals surface area contributed by atoms with Gasteiger partial charge in [-0.25, -0.2) is 4.98 Å². The standard InChI is InChI=1S/C27H37BrN2O3Si2/c1-27(2,3)35(22-13-9-7-10-14-22,23-15-11-8-12-16-23)33-20-25-29-26(28)24(19-31)30(25)21-32-17-18-34(4,5)6/h7-16,19H,17-18,20-21H2,1-6H3. The van der Waals surface area contributed by atoms with Gasteiger partial charge < -0.3 is 9.16 Å². The number of ether oxygens (including phenoxy) is 1. The lowest BCUT2D eigenvalue weighted by molar-refractivity contribution is 0.0789. The van der Waals surface area contributed by atoms with Crippen LogP contribution in [-0.2, 0) is 22.5 Å². The lowest BCUT2D eigenvalue weighted by Crippen LogP contribution is -2.66. The van der Waals surface area contributed by atoms with Crippen LogP contribution in [0.3, 0.4) is 0 Å². The highest BCUT2D eigenvalue weighted by molar-refractivity contribution is 9.10. The van der Waals surface area contributed by atoms with Crippen LogP contribution in [0.4, 0.5) is 0 Å². The molecule has 0 N–H and O–H groups in total. The molecule has 1 aromatic heterocycles. The number of hydrogen-bond acceptors (Lipinski definition) is 4. The van der Waals surface area contributed by atoms with Gasteiger partial charge in [0.15, 0.2) is 6.29 Å². The molecule has 0 unspecified atom stereocenters. The molecule has 0 saturated heterocycles. The van der Waals surface area contributed by atoms with E-state index in [1.165, 1.54) is 10.4 Å². The number of hydrogen-bond donors (Lipinski definition) is 0. The van der Waals surface area contributed by atoms with E-state index >= 15 is 0 Å². The lowest BCUT2D eigenvalue weighted by Gasteiger charge is -2.43.